The van der Waals surface area contributed by atoms with Gasteiger partial charge in [-0.25, -0.2) is 0 Å². The maximum Gasteiger partial charge on any atom is 0.115 e. The van der Waals surface area contributed by atoms with E-state index in [1.54, 1.807) is 12.1 Å². The predicted octanol–water partition coefficient (Wildman–Crippen LogP) is 3.59. The van der Waals surface area contributed by atoms with Crippen LogP contribution in [0.15, 0.2) is 55.1 Å². The molecule has 0 spiro atoms. The second-order valence-corrected chi connectivity index (χ2v) is 3.57. The van der Waals surface area contributed by atoms with E-state index in [-0.39, 0.29) is 11.5 Å². The number of phenolic OH excluding ortho intramolecular Hbond substituents is 1. The molecule has 0 saturated heterocycles. The van der Waals surface area contributed by atoms with E-state index in [0.29, 0.717) is 5.56 Å². The van der Waals surface area contributed by atoms with Gasteiger partial charge in [0.15, 0.2) is 0 Å². The van der Waals surface area contributed by atoms with E-state index in [9.17, 15) is 10.2 Å². The number of benzene rings is 2. The van der Waals surface area contributed by atoms with Crippen LogP contribution in [0.5, 0.6) is 5.75 Å². The third-order valence-electron chi connectivity index (χ3n) is 2.42. The van der Waals surface area contributed by atoms with Gasteiger partial charge < -0.3 is 10.2 Å². The van der Waals surface area contributed by atoms with Gasteiger partial charge in [0.05, 0.1) is 0 Å². The summed E-state index contributed by atoms with van der Waals surface area (Å²) >= 11 is 0. The van der Waals surface area contributed by atoms with Gasteiger partial charge in [-0.2, -0.15) is 0 Å². The Morgan fingerprint density at radius 3 is 1.69 bits per heavy atom. The highest BCUT2D eigenvalue weighted by Crippen LogP contribution is 2.23. The summed E-state index contributed by atoms with van der Waals surface area (Å²) in [5, 5.41) is 18.4. The molecule has 0 fully saturated rings. The molecule has 16 heavy (non-hydrogen) atoms. The molecule has 2 rings (SSSR count). The minimum atomic E-state index is 0.0669. The average molecular weight is 212 g/mol. The van der Waals surface area contributed by atoms with Gasteiger partial charge >= 0.3 is 0 Å². The van der Waals surface area contributed by atoms with Crippen molar-refractivity contribution < 1.29 is 10.2 Å². The van der Waals surface area contributed by atoms with Crippen LogP contribution in [0.4, 0.5) is 0 Å². The van der Waals surface area contributed by atoms with Gasteiger partial charge in [0.25, 0.3) is 0 Å². The van der Waals surface area contributed by atoms with E-state index in [2.05, 4.69) is 6.58 Å². The van der Waals surface area contributed by atoms with E-state index in [1.165, 1.54) is 0 Å². The zero-order chi connectivity index (χ0) is 11.5. The van der Waals surface area contributed by atoms with E-state index in [1.807, 2.05) is 36.4 Å². The molecule has 2 N–H and O–H groups in total. The minimum Gasteiger partial charge on any atom is -0.508 e. The van der Waals surface area contributed by atoms with E-state index in [0.717, 1.165) is 11.1 Å². The fourth-order valence-corrected chi connectivity index (χ4v) is 1.51. The molecule has 0 aliphatic rings. The van der Waals surface area contributed by atoms with Gasteiger partial charge in [-0.15, -0.1) is 0 Å². The van der Waals surface area contributed by atoms with Crippen molar-refractivity contribution >= 4 is 5.76 Å². The van der Waals surface area contributed by atoms with Crippen molar-refractivity contribution in [1.82, 2.24) is 0 Å². The topological polar surface area (TPSA) is 40.5 Å². The number of rotatable bonds is 2. The standard InChI is InChI=1S/C14H12O2/c1-10(15)11-2-4-12(5-3-11)13-6-8-14(16)9-7-13/h2-9,15-16H,1H2. The van der Waals surface area contributed by atoms with E-state index in [4.69, 9.17) is 0 Å². The summed E-state index contributed by atoms with van der Waals surface area (Å²) in [4.78, 5) is 0. The lowest BCUT2D eigenvalue weighted by atomic mass is 10.0. The maximum absolute atomic E-state index is 9.19. The summed E-state index contributed by atoms with van der Waals surface area (Å²) in [6.07, 6.45) is 0. The predicted molar refractivity (Wildman–Crippen MR) is 65.2 cm³/mol. The number of aromatic hydroxyl groups is 1. The van der Waals surface area contributed by atoms with Gasteiger partial charge in [-0.05, 0) is 23.3 Å². The van der Waals surface area contributed by atoms with Crippen LogP contribution < -0.4 is 0 Å². The van der Waals surface area contributed by atoms with Gasteiger partial charge in [-0.3, -0.25) is 0 Å². The van der Waals surface area contributed by atoms with Crippen molar-refractivity contribution in [3.63, 3.8) is 0 Å². The van der Waals surface area contributed by atoms with Crippen LogP contribution in [0, 0.1) is 0 Å². The molecular weight excluding hydrogens is 200 g/mol. The summed E-state index contributed by atoms with van der Waals surface area (Å²) in [6.45, 7) is 3.46. The monoisotopic (exact) mass is 212 g/mol. The second kappa shape index (κ2) is 4.11. The number of aliphatic hydroxyl groups excluding tert-OH is 1. The molecule has 2 aromatic rings. The highest BCUT2D eigenvalue weighted by atomic mass is 16.3. The lowest BCUT2D eigenvalue weighted by Crippen LogP contribution is -1.81. The molecule has 2 nitrogen and oxygen atoms in total. The molecule has 0 aromatic heterocycles. The zero-order valence-corrected chi connectivity index (χ0v) is 8.72. The molecule has 0 aliphatic heterocycles. The SMILES string of the molecule is C=C(O)c1ccc(-c2ccc(O)cc2)cc1. The molecule has 0 amide bonds. The lowest BCUT2D eigenvalue weighted by molar-refractivity contribution is 0.475. The van der Waals surface area contributed by atoms with E-state index >= 15 is 0 Å². The van der Waals surface area contributed by atoms with Crippen LogP contribution in [-0.2, 0) is 0 Å². The number of phenols is 1. The molecule has 0 unspecified atom stereocenters. The second-order valence-electron chi connectivity index (χ2n) is 3.57. The van der Waals surface area contributed by atoms with Crippen molar-refractivity contribution in [3.8, 4) is 16.9 Å². The quantitative estimate of drug-likeness (QED) is 0.747. The molecule has 0 bridgehead atoms. The summed E-state index contributed by atoms with van der Waals surface area (Å²) < 4.78 is 0. The molecule has 2 heteroatoms. The Balaban J connectivity index is 2.34. The van der Waals surface area contributed by atoms with Crippen molar-refractivity contribution in [2.75, 3.05) is 0 Å². The van der Waals surface area contributed by atoms with Gasteiger partial charge in [0.1, 0.15) is 11.5 Å². The lowest BCUT2D eigenvalue weighted by Gasteiger charge is -2.03. The molecule has 80 valence electrons. The number of hydrogen-bond donors (Lipinski definition) is 2. The van der Waals surface area contributed by atoms with Crippen molar-refractivity contribution in [2.45, 2.75) is 0 Å². The highest BCUT2D eigenvalue weighted by molar-refractivity contribution is 5.67. The van der Waals surface area contributed by atoms with Crippen LogP contribution in [0.2, 0.25) is 0 Å². The van der Waals surface area contributed by atoms with Crippen LogP contribution in [0.1, 0.15) is 5.56 Å². The summed E-state index contributed by atoms with van der Waals surface area (Å²) in [6, 6.07) is 14.4. The Morgan fingerprint density at radius 2 is 1.25 bits per heavy atom. The number of hydrogen-bond acceptors (Lipinski definition) is 2. The summed E-state index contributed by atoms with van der Waals surface area (Å²) in [7, 11) is 0. The van der Waals surface area contributed by atoms with Crippen molar-refractivity contribution in [2.24, 2.45) is 0 Å². The van der Waals surface area contributed by atoms with Gasteiger partial charge in [-0.1, -0.05) is 43.0 Å². The maximum atomic E-state index is 9.19. The third kappa shape index (κ3) is 2.06. The summed E-state index contributed by atoms with van der Waals surface area (Å²) in [5.74, 6) is 0.321. The molecule has 0 heterocycles. The fourth-order valence-electron chi connectivity index (χ4n) is 1.51. The first-order chi connectivity index (χ1) is 7.66. The Kier molecular flexibility index (Phi) is 2.64. The van der Waals surface area contributed by atoms with Gasteiger partial charge in [0.2, 0.25) is 0 Å². The molecular formula is C14H12O2. The third-order valence-corrected chi connectivity index (χ3v) is 2.42. The number of aliphatic hydroxyl groups is 1. The molecule has 0 atom stereocenters. The molecule has 2 aromatic carbocycles. The largest absolute Gasteiger partial charge is 0.508 e. The first-order valence-electron chi connectivity index (χ1n) is 4.94. The highest BCUT2D eigenvalue weighted by Gasteiger charge is 1.99. The van der Waals surface area contributed by atoms with Gasteiger partial charge in [0, 0.05) is 5.56 Å². The smallest absolute Gasteiger partial charge is 0.115 e. The average Bonchev–Trinajstić information content (AvgIpc) is 2.30. The first-order valence-corrected chi connectivity index (χ1v) is 4.94. The van der Waals surface area contributed by atoms with Crippen molar-refractivity contribution in [3.05, 3.63) is 60.7 Å². The Morgan fingerprint density at radius 1 is 0.812 bits per heavy atom. The Labute approximate surface area is 94.1 Å². The van der Waals surface area contributed by atoms with Crippen LogP contribution in [0.3, 0.4) is 0 Å². The molecule has 0 saturated carbocycles. The minimum absolute atomic E-state index is 0.0669. The fraction of sp³-hybridized carbons (Fsp3) is 0. The first kappa shape index (κ1) is 10.3. The van der Waals surface area contributed by atoms with Crippen molar-refractivity contribution in [1.29, 1.82) is 0 Å². The zero-order valence-electron chi connectivity index (χ0n) is 8.72. The summed E-state index contributed by atoms with van der Waals surface area (Å²) in [5.41, 5.74) is 2.76. The normalized spacial score (nSPS) is 10.0. The van der Waals surface area contributed by atoms with Crippen LogP contribution >= 0.6 is 0 Å². The van der Waals surface area contributed by atoms with E-state index < -0.39 is 0 Å². The van der Waals surface area contributed by atoms with Crippen LogP contribution in [-0.4, -0.2) is 10.2 Å². The molecule has 0 radical (unpaired) electrons. The molecule has 0 aliphatic carbocycles. The Bertz CT molecular complexity index is 495. The Hall–Kier alpha value is -2.22. The van der Waals surface area contributed by atoms with Crippen LogP contribution in [0.25, 0.3) is 16.9 Å².